The van der Waals surface area contributed by atoms with Crippen LogP contribution in [0.4, 0.5) is 13.2 Å². The Morgan fingerprint density at radius 3 is 2.71 bits per heavy atom. The van der Waals surface area contributed by atoms with E-state index in [1.54, 1.807) is 6.92 Å². The smallest absolute Gasteiger partial charge is 0.396 e. The predicted octanol–water partition coefficient (Wildman–Crippen LogP) is 3.58. The van der Waals surface area contributed by atoms with Gasteiger partial charge in [-0.05, 0) is 27.9 Å². The van der Waals surface area contributed by atoms with E-state index in [0.717, 1.165) is 17.8 Å². The summed E-state index contributed by atoms with van der Waals surface area (Å²) in [6.45, 7) is 1.71. The third-order valence-corrected chi connectivity index (χ3v) is 3.71. The molecule has 0 saturated heterocycles. The second-order valence-corrected chi connectivity index (χ2v) is 5.53. The molecule has 1 heterocycles. The molecule has 7 heteroatoms. The molecule has 1 N–H and O–H groups in total. The third kappa shape index (κ3) is 4.48. The lowest BCUT2D eigenvalue weighted by atomic mass is 10.2. The molecule has 0 aliphatic rings. The lowest BCUT2D eigenvalue weighted by molar-refractivity contribution is -0.140. The first-order valence-corrected chi connectivity index (χ1v) is 6.59. The van der Waals surface area contributed by atoms with Crippen LogP contribution in [0, 0.1) is 5.92 Å². The topological polar surface area (TPSA) is 33.1 Å². The van der Waals surface area contributed by atoms with E-state index < -0.39 is 11.7 Å². The molecule has 1 aromatic heterocycles. The molecule has 1 rings (SSSR count). The minimum atomic E-state index is -4.42. The van der Waals surface area contributed by atoms with Crippen LogP contribution >= 0.6 is 27.7 Å². The van der Waals surface area contributed by atoms with Crippen LogP contribution in [0.1, 0.15) is 12.5 Å². The summed E-state index contributed by atoms with van der Waals surface area (Å²) in [5.74, 6) is 0.334. The van der Waals surface area contributed by atoms with Crippen molar-refractivity contribution in [3.8, 4) is 0 Å². The molecule has 0 amide bonds. The maximum absolute atomic E-state index is 12.7. The summed E-state index contributed by atoms with van der Waals surface area (Å²) in [6.07, 6.45) is -3.08. The molecule has 96 valence electrons. The monoisotopic (exact) mass is 329 g/mol. The van der Waals surface area contributed by atoms with E-state index in [0.29, 0.717) is 10.2 Å². The summed E-state index contributed by atoms with van der Waals surface area (Å²) in [6, 6.07) is 1.01. The van der Waals surface area contributed by atoms with E-state index in [-0.39, 0.29) is 17.6 Å². The summed E-state index contributed by atoms with van der Waals surface area (Å²) in [7, 11) is 0. The van der Waals surface area contributed by atoms with Gasteiger partial charge < -0.3 is 5.11 Å². The van der Waals surface area contributed by atoms with Crippen molar-refractivity contribution in [3.63, 3.8) is 0 Å². The van der Waals surface area contributed by atoms with Crippen LogP contribution in [0.5, 0.6) is 0 Å². The maximum atomic E-state index is 12.7. The highest BCUT2D eigenvalue weighted by atomic mass is 79.9. The first-order chi connectivity index (χ1) is 7.84. The number of nitrogens with zero attached hydrogens (tertiary/aromatic N) is 1. The van der Waals surface area contributed by atoms with Crippen molar-refractivity contribution in [1.29, 1.82) is 0 Å². The Hall–Kier alpha value is -0.270. The molecule has 0 spiro atoms. The van der Waals surface area contributed by atoms with Gasteiger partial charge in [-0.3, -0.25) is 0 Å². The van der Waals surface area contributed by atoms with Crippen molar-refractivity contribution in [2.24, 2.45) is 5.92 Å². The number of aliphatic hydroxyl groups is 1. The van der Waals surface area contributed by atoms with Crippen molar-refractivity contribution in [2.75, 3.05) is 12.4 Å². The minimum Gasteiger partial charge on any atom is -0.396 e. The van der Waals surface area contributed by atoms with E-state index in [2.05, 4.69) is 20.9 Å². The molecule has 0 aliphatic carbocycles. The Labute approximate surface area is 110 Å². The largest absolute Gasteiger partial charge is 0.419 e. The molecule has 1 unspecified atom stereocenters. The van der Waals surface area contributed by atoms with Crippen LogP contribution in [-0.4, -0.2) is 22.5 Å². The van der Waals surface area contributed by atoms with Crippen LogP contribution in [-0.2, 0) is 6.18 Å². The Morgan fingerprint density at radius 2 is 2.18 bits per heavy atom. The summed E-state index contributed by atoms with van der Waals surface area (Å²) < 4.78 is 38.4. The fraction of sp³-hybridized carbons (Fsp3) is 0.500. The Kier molecular flexibility index (Phi) is 5.27. The lowest BCUT2D eigenvalue weighted by Gasteiger charge is -2.13. The van der Waals surface area contributed by atoms with Crippen molar-refractivity contribution >= 4 is 27.7 Å². The van der Waals surface area contributed by atoms with Gasteiger partial charge in [-0.25, -0.2) is 4.98 Å². The highest BCUT2D eigenvalue weighted by molar-refractivity contribution is 9.10. The molecule has 0 aromatic carbocycles. The normalized spacial score (nSPS) is 13.8. The highest BCUT2D eigenvalue weighted by Gasteiger charge is 2.34. The molecular weight excluding hydrogens is 319 g/mol. The quantitative estimate of drug-likeness (QED) is 0.857. The fourth-order valence-corrected chi connectivity index (χ4v) is 2.36. The maximum Gasteiger partial charge on any atom is 0.419 e. The molecule has 0 fully saturated rings. The zero-order valence-corrected chi connectivity index (χ0v) is 11.4. The highest BCUT2D eigenvalue weighted by Crippen LogP contribution is 2.37. The summed E-state index contributed by atoms with van der Waals surface area (Å²) in [4.78, 5) is 3.77. The summed E-state index contributed by atoms with van der Waals surface area (Å²) in [5, 5.41) is 8.77. The molecule has 17 heavy (non-hydrogen) atoms. The van der Waals surface area contributed by atoms with Crippen molar-refractivity contribution < 1.29 is 18.3 Å². The van der Waals surface area contributed by atoms with Crippen molar-refractivity contribution in [3.05, 3.63) is 22.3 Å². The van der Waals surface area contributed by atoms with Gasteiger partial charge in [0.25, 0.3) is 0 Å². The number of aromatic nitrogens is 1. The second-order valence-electron chi connectivity index (χ2n) is 3.60. The zero-order chi connectivity index (χ0) is 13.1. The van der Waals surface area contributed by atoms with E-state index >= 15 is 0 Å². The SMILES string of the molecule is CC(CO)CSc1ncc(Br)cc1C(F)(F)F. The number of hydrogen-bond acceptors (Lipinski definition) is 3. The number of rotatable bonds is 4. The van der Waals surface area contributed by atoms with Crippen LogP contribution < -0.4 is 0 Å². The number of halogens is 4. The van der Waals surface area contributed by atoms with Gasteiger partial charge in [-0.2, -0.15) is 13.2 Å². The zero-order valence-electron chi connectivity index (χ0n) is 8.96. The van der Waals surface area contributed by atoms with Crippen LogP contribution in [0.15, 0.2) is 21.8 Å². The van der Waals surface area contributed by atoms with E-state index in [4.69, 9.17) is 5.11 Å². The molecule has 2 nitrogen and oxygen atoms in total. The van der Waals surface area contributed by atoms with Crippen LogP contribution in [0.25, 0.3) is 0 Å². The Balaban J connectivity index is 2.91. The van der Waals surface area contributed by atoms with Gasteiger partial charge >= 0.3 is 6.18 Å². The number of alkyl halides is 3. The third-order valence-electron chi connectivity index (χ3n) is 1.94. The van der Waals surface area contributed by atoms with Gasteiger partial charge in [0.2, 0.25) is 0 Å². The van der Waals surface area contributed by atoms with Gasteiger partial charge in [-0.1, -0.05) is 6.92 Å². The first kappa shape index (κ1) is 14.8. The molecule has 0 radical (unpaired) electrons. The number of aliphatic hydroxyl groups excluding tert-OH is 1. The van der Waals surface area contributed by atoms with Crippen LogP contribution in [0.3, 0.4) is 0 Å². The van der Waals surface area contributed by atoms with E-state index in [1.165, 1.54) is 6.20 Å². The Morgan fingerprint density at radius 1 is 1.53 bits per heavy atom. The standard InChI is InChI=1S/C10H11BrF3NOS/c1-6(4-16)5-17-9-8(10(12,13)14)2-7(11)3-15-9/h2-3,6,16H,4-5H2,1H3. The second kappa shape index (κ2) is 6.06. The average molecular weight is 330 g/mol. The molecule has 0 bridgehead atoms. The Bertz CT molecular complexity index is 386. The van der Waals surface area contributed by atoms with Gasteiger partial charge in [0.1, 0.15) is 5.03 Å². The van der Waals surface area contributed by atoms with Crippen molar-refractivity contribution in [2.45, 2.75) is 18.1 Å². The summed E-state index contributed by atoms with van der Waals surface area (Å²) in [5.41, 5.74) is -0.748. The summed E-state index contributed by atoms with van der Waals surface area (Å²) >= 11 is 3.97. The average Bonchev–Trinajstić information content (AvgIpc) is 2.25. The predicted molar refractivity (Wildman–Crippen MR) is 63.9 cm³/mol. The van der Waals surface area contributed by atoms with Gasteiger partial charge in [0, 0.05) is 23.0 Å². The molecular formula is C10H11BrF3NOS. The molecule has 1 atom stereocenters. The molecule has 0 aliphatic heterocycles. The van der Waals surface area contributed by atoms with Crippen LogP contribution in [0.2, 0.25) is 0 Å². The molecule has 1 aromatic rings. The fourth-order valence-electron chi connectivity index (χ4n) is 1.02. The van der Waals surface area contributed by atoms with Gasteiger partial charge in [-0.15, -0.1) is 11.8 Å². The number of thioether (sulfide) groups is 1. The molecule has 0 saturated carbocycles. The van der Waals surface area contributed by atoms with Crippen molar-refractivity contribution in [1.82, 2.24) is 4.98 Å². The number of pyridine rings is 1. The number of hydrogen-bond donors (Lipinski definition) is 1. The van der Waals surface area contributed by atoms with Gasteiger partial charge in [0.05, 0.1) is 5.56 Å². The van der Waals surface area contributed by atoms with Gasteiger partial charge in [0.15, 0.2) is 0 Å². The minimum absolute atomic E-state index is 0.0507. The van der Waals surface area contributed by atoms with E-state index in [9.17, 15) is 13.2 Å². The first-order valence-electron chi connectivity index (χ1n) is 4.81. The lowest BCUT2D eigenvalue weighted by Crippen LogP contribution is -2.10. The van der Waals surface area contributed by atoms with E-state index in [1.807, 2.05) is 0 Å².